The third-order valence-corrected chi connectivity index (χ3v) is 3.35. The lowest BCUT2D eigenvalue weighted by Gasteiger charge is -2.34. The molecule has 3 nitrogen and oxygen atoms in total. The van der Waals surface area contributed by atoms with Crippen LogP contribution in [0.3, 0.4) is 0 Å². The molecule has 3 heteroatoms. The third kappa shape index (κ3) is 3.20. The number of carbonyl (C=O) groups is 1. The molecule has 1 fully saturated rings. The molecule has 15 heavy (non-hydrogen) atoms. The van der Waals surface area contributed by atoms with E-state index in [1.54, 1.807) is 0 Å². The SMILES string of the molecule is CC(C)CNC(=O)C1(CN)CCCCC1. The fourth-order valence-electron chi connectivity index (χ4n) is 2.24. The zero-order chi connectivity index (χ0) is 11.3. The van der Waals surface area contributed by atoms with E-state index in [4.69, 9.17) is 5.73 Å². The maximum Gasteiger partial charge on any atom is 0.227 e. The van der Waals surface area contributed by atoms with Crippen LogP contribution in [0.5, 0.6) is 0 Å². The molecular formula is C12H24N2O. The highest BCUT2D eigenvalue weighted by Crippen LogP contribution is 2.35. The van der Waals surface area contributed by atoms with Gasteiger partial charge < -0.3 is 11.1 Å². The predicted octanol–water partition coefficient (Wildman–Crippen LogP) is 1.67. The summed E-state index contributed by atoms with van der Waals surface area (Å²) in [7, 11) is 0. The minimum atomic E-state index is -0.257. The van der Waals surface area contributed by atoms with Gasteiger partial charge in [-0.25, -0.2) is 0 Å². The van der Waals surface area contributed by atoms with Crippen LogP contribution in [0.2, 0.25) is 0 Å². The molecule has 1 aliphatic carbocycles. The van der Waals surface area contributed by atoms with E-state index in [9.17, 15) is 4.79 Å². The molecule has 0 bridgehead atoms. The normalized spacial score (nSPS) is 20.3. The lowest BCUT2D eigenvalue weighted by atomic mass is 9.73. The molecule has 0 heterocycles. The Morgan fingerprint density at radius 3 is 2.40 bits per heavy atom. The fourth-order valence-corrected chi connectivity index (χ4v) is 2.24. The zero-order valence-corrected chi connectivity index (χ0v) is 10.0. The summed E-state index contributed by atoms with van der Waals surface area (Å²) in [6.45, 7) is 5.48. The molecule has 1 saturated carbocycles. The van der Waals surface area contributed by atoms with Crippen molar-refractivity contribution in [1.29, 1.82) is 0 Å². The van der Waals surface area contributed by atoms with E-state index >= 15 is 0 Å². The second-order valence-electron chi connectivity index (χ2n) is 5.15. The molecule has 0 aliphatic heterocycles. The number of carbonyl (C=O) groups excluding carboxylic acids is 1. The van der Waals surface area contributed by atoms with Crippen LogP contribution >= 0.6 is 0 Å². The van der Waals surface area contributed by atoms with Crippen LogP contribution in [0.25, 0.3) is 0 Å². The molecule has 0 aromatic rings. The van der Waals surface area contributed by atoms with Crippen LogP contribution in [0.15, 0.2) is 0 Å². The molecule has 0 unspecified atom stereocenters. The van der Waals surface area contributed by atoms with Crippen molar-refractivity contribution in [1.82, 2.24) is 5.32 Å². The molecular weight excluding hydrogens is 188 g/mol. The lowest BCUT2D eigenvalue weighted by Crippen LogP contribution is -2.47. The van der Waals surface area contributed by atoms with Crippen molar-refractivity contribution >= 4 is 5.91 Å². The number of nitrogens with two attached hydrogens (primary N) is 1. The van der Waals surface area contributed by atoms with Crippen LogP contribution in [0, 0.1) is 11.3 Å². The topological polar surface area (TPSA) is 55.1 Å². The van der Waals surface area contributed by atoms with Gasteiger partial charge in [0.2, 0.25) is 5.91 Å². The smallest absolute Gasteiger partial charge is 0.227 e. The standard InChI is InChI=1S/C12H24N2O/c1-10(2)8-14-11(15)12(9-13)6-4-3-5-7-12/h10H,3-9,13H2,1-2H3,(H,14,15). The Bertz CT molecular complexity index is 208. The van der Waals surface area contributed by atoms with Crippen molar-refractivity contribution in [2.24, 2.45) is 17.1 Å². The molecule has 0 spiro atoms. The maximum atomic E-state index is 12.1. The number of hydrogen-bond donors (Lipinski definition) is 2. The number of hydrogen-bond acceptors (Lipinski definition) is 2. The van der Waals surface area contributed by atoms with Crippen molar-refractivity contribution in [2.45, 2.75) is 46.0 Å². The second kappa shape index (κ2) is 5.50. The summed E-state index contributed by atoms with van der Waals surface area (Å²) in [6.07, 6.45) is 5.47. The summed E-state index contributed by atoms with van der Waals surface area (Å²) in [5.41, 5.74) is 5.53. The van der Waals surface area contributed by atoms with Gasteiger partial charge in [-0.1, -0.05) is 33.1 Å². The van der Waals surface area contributed by atoms with E-state index in [0.717, 1.165) is 32.2 Å². The van der Waals surface area contributed by atoms with Crippen molar-refractivity contribution in [3.63, 3.8) is 0 Å². The summed E-state index contributed by atoms with van der Waals surface area (Å²) in [5.74, 6) is 0.686. The average Bonchev–Trinajstić information content (AvgIpc) is 2.26. The highest BCUT2D eigenvalue weighted by molar-refractivity contribution is 5.83. The van der Waals surface area contributed by atoms with Crippen molar-refractivity contribution in [3.05, 3.63) is 0 Å². The van der Waals surface area contributed by atoms with Gasteiger partial charge in [0.1, 0.15) is 0 Å². The quantitative estimate of drug-likeness (QED) is 0.744. The van der Waals surface area contributed by atoms with Gasteiger partial charge in [-0.2, -0.15) is 0 Å². The number of nitrogens with one attached hydrogen (secondary N) is 1. The molecule has 0 atom stereocenters. The Morgan fingerprint density at radius 1 is 1.33 bits per heavy atom. The highest BCUT2D eigenvalue weighted by Gasteiger charge is 2.37. The Balaban J connectivity index is 2.52. The average molecular weight is 212 g/mol. The van der Waals surface area contributed by atoms with Gasteiger partial charge in [-0.15, -0.1) is 0 Å². The molecule has 3 N–H and O–H groups in total. The van der Waals surface area contributed by atoms with Gasteiger partial charge >= 0.3 is 0 Å². The number of amides is 1. The van der Waals surface area contributed by atoms with E-state index in [2.05, 4.69) is 19.2 Å². The Labute approximate surface area is 92.8 Å². The Hall–Kier alpha value is -0.570. The molecule has 1 rings (SSSR count). The minimum Gasteiger partial charge on any atom is -0.355 e. The lowest BCUT2D eigenvalue weighted by molar-refractivity contribution is -0.132. The van der Waals surface area contributed by atoms with Crippen LogP contribution in [-0.4, -0.2) is 19.0 Å². The van der Waals surface area contributed by atoms with E-state index in [1.807, 2.05) is 0 Å². The Morgan fingerprint density at radius 2 is 1.93 bits per heavy atom. The summed E-state index contributed by atoms with van der Waals surface area (Å²) in [6, 6.07) is 0. The second-order valence-corrected chi connectivity index (χ2v) is 5.15. The van der Waals surface area contributed by atoms with Crippen LogP contribution in [-0.2, 0) is 4.79 Å². The number of rotatable bonds is 4. The molecule has 0 aromatic heterocycles. The van der Waals surface area contributed by atoms with Gasteiger partial charge in [0.05, 0.1) is 5.41 Å². The first-order valence-electron chi connectivity index (χ1n) is 6.09. The molecule has 0 aromatic carbocycles. The third-order valence-electron chi connectivity index (χ3n) is 3.35. The first kappa shape index (κ1) is 12.5. The van der Waals surface area contributed by atoms with Gasteiger partial charge in [-0.05, 0) is 18.8 Å². The van der Waals surface area contributed by atoms with Gasteiger partial charge in [0, 0.05) is 13.1 Å². The largest absolute Gasteiger partial charge is 0.355 e. The molecule has 88 valence electrons. The molecule has 0 radical (unpaired) electrons. The summed E-state index contributed by atoms with van der Waals surface area (Å²) in [5, 5.41) is 3.02. The monoisotopic (exact) mass is 212 g/mol. The van der Waals surface area contributed by atoms with Crippen LogP contribution in [0.4, 0.5) is 0 Å². The molecule has 0 saturated heterocycles. The zero-order valence-electron chi connectivity index (χ0n) is 10.0. The summed E-state index contributed by atoms with van der Waals surface area (Å²) >= 11 is 0. The van der Waals surface area contributed by atoms with Gasteiger partial charge in [0.25, 0.3) is 0 Å². The van der Waals surface area contributed by atoms with Crippen LogP contribution in [0.1, 0.15) is 46.0 Å². The summed E-state index contributed by atoms with van der Waals surface area (Å²) < 4.78 is 0. The maximum absolute atomic E-state index is 12.1. The first-order valence-corrected chi connectivity index (χ1v) is 6.09. The van der Waals surface area contributed by atoms with E-state index < -0.39 is 0 Å². The molecule has 1 aliphatic rings. The Kier molecular flexibility index (Phi) is 4.58. The van der Waals surface area contributed by atoms with E-state index in [0.29, 0.717) is 12.5 Å². The van der Waals surface area contributed by atoms with Crippen molar-refractivity contribution in [3.8, 4) is 0 Å². The predicted molar refractivity (Wildman–Crippen MR) is 62.4 cm³/mol. The first-order chi connectivity index (χ1) is 7.10. The minimum absolute atomic E-state index is 0.179. The molecule has 1 amide bonds. The van der Waals surface area contributed by atoms with Crippen LogP contribution < -0.4 is 11.1 Å². The summed E-state index contributed by atoms with van der Waals surface area (Å²) in [4.78, 5) is 12.1. The van der Waals surface area contributed by atoms with E-state index in [1.165, 1.54) is 6.42 Å². The highest BCUT2D eigenvalue weighted by atomic mass is 16.2. The van der Waals surface area contributed by atoms with Crippen molar-refractivity contribution < 1.29 is 4.79 Å². The fraction of sp³-hybridized carbons (Fsp3) is 0.917. The van der Waals surface area contributed by atoms with E-state index in [-0.39, 0.29) is 11.3 Å². The van der Waals surface area contributed by atoms with Crippen molar-refractivity contribution in [2.75, 3.05) is 13.1 Å². The van der Waals surface area contributed by atoms with Gasteiger partial charge in [0.15, 0.2) is 0 Å². The van der Waals surface area contributed by atoms with Gasteiger partial charge in [-0.3, -0.25) is 4.79 Å².